The van der Waals surface area contributed by atoms with Crippen molar-refractivity contribution in [2.24, 2.45) is 0 Å². The molecule has 3 rings (SSSR count). The number of rotatable bonds is 9. The molecule has 0 saturated carbocycles. The molecular weight excluding hydrogens is 449 g/mol. The molecular formula is C23H22FN3O5S. The average Bonchev–Trinajstić information content (AvgIpc) is 2.82. The molecule has 0 aliphatic rings. The van der Waals surface area contributed by atoms with Crippen molar-refractivity contribution in [3.8, 4) is 16.9 Å². The average molecular weight is 472 g/mol. The Hall–Kier alpha value is -3.76. The quantitative estimate of drug-likeness (QED) is 0.415. The molecule has 33 heavy (non-hydrogen) atoms. The van der Waals surface area contributed by atoms with E-state index in [1.165, 1.54) is 0 Å². The van der Waals surface area contributed by atoms with E-state index in [-0.39, 0.29) is 24.5 Å². The molecule has 3 N–H and O–H groups in total. The van der Waals surface area contributed by atoms with E-state index in [0.717, 1.165) is 35.4 Å². The van der Waals surface area contributed by atoms with Gasteiger partial charge in [0.2, 0.25) is 15.9 Å². The molecule has 0 fully saturated rings. The van der Waals surface area contributed by atoms with Crippen molar-refractivity contribution in [3.63, 3.8) is 0 Å². The molecule has 3 aromatic carbocycles. The number of carbonyl (C=O) groups is 2. The summed E-state index contributed by atoms with van der Waals surface area (Å²) in [6.45, 7) is -0.538. The lowest BCUT2D eigenvalue weighted by Crippen LogP contribution is -2.44. The molecule has 0 bridgehead atoms. The predicted molar refractivity (Wildman–Crippen MR) is 120 cm³/mol. The fraction of sp³-hybridized carbons (Fsp3) is 0.130. The zero-order chi connectivity index (χ0) is 23.7. The van der Waals surface area contributed by atoms with Crippen LogP contribution in [-0.4, -0.2) is 33.4 Å². The molecule has 0 unspecified atom stereocenters. The van der Waals surface area contributed by atoms with Crippen molar-refractivity contribution < 1.29 is 27.1 Å². The van der Waals surface area contributed by atoms with E-state index in [1.807, 2.05) is 42.5 Å². The third-order valence-corrected chi connectivity index (χ3v) is 5.92. The minimum absolute atomic E-state index is 0.120. The van der Waals surface area contributed by atoms with Gasteiger partial charge in [0, 0.05) is 18.5 Å². The lowest BCUT2D eigenvalue weighted by atomic mass is 10.1. The first-order valence-electron chi connectivity index (χ1n) is 9.95. The molecule has 2 amide bonds. The van der Waals surface area contributed by atoms with Gasteiger partial charge in [-0.15, -0.1) is 0 Å². The van der Waals surface area contributed by atoms with Crippen LogP contribution in [0.15, 0.2) is 83.8 Å². The molecule has 0 aliphatic heterocycles. The number of ether oxygens (including phenoxy) is 1. The summed E-state index contributed by atoms with van der Waals surface area (Å²) >= 11 is 0. The Bertz CT molecular complexity index is 1200. The lowest BCUT2D eigenvalue weighted by molar-refractivity contribution is -0.129. The Balaban J connectivity index is 1.42. The van der Waals surface area contributed by atoms with Gasteiger partial charge in [0.05, 0.1) is 4.90 Å². The standard InChI is InChI=1S/C23H22FN3O5S/c24-18-10-12-19(13-11-18)33(30,31)25-15-14-22(28)26-27-23(29)16-32-21-9-5-4-8-20(21)17-6-2-1-3-7-17/h1-13,25H,14-16H2,(H,26,28)(H,27,29). The van der Waals surface area contributed by atoms with Gasteiger partial charge in [-0.1, -0.05) is 48.5 Å². The highest BCUT2D eigenvalue weighted by molar-refractivity contribution is 7.89. The van der Waals surface area contributed by atoms with Crippen molar-refractivity contribution >= 4 is 21.8 Å². The van der Waals surface area contributed by atoms with Crippen molar-refractivity contribution in [3.05, 3.63) is 84.7 Å². The number of benzene rings is 3. The van der Waals surface area contributed by atoms with Crippen LogP contribution in [0.3, 0.4) is 0 Å². The van der Waals surface area contributed by atoms with E-state index in [9.17, 15) is 22.4 Å². The van der Waals surface area contributed by atoms with Crippen molar-refractivity contribution in [2.75, 3.05) is 13.2 Å². The molecule has 0 atom stereocenters. The Labute approximate surface area is 190 Å². The second-order valence-corrected chi connectivity index (χ2v) is 8.62. The normalized spacial score (nSPS) is 10.9. The number of para-hydroxylation sites is 1. The van der Waals surface area contributed by atoms with Gasteiger partial charge in [-0.2, -0.15) is 0 Å². The summed E-state index contributed by atoms with van der Waals surface area (Å²) in [4.78, 5) is 23.8. The van der Waals surface area contributed by atoms with Gasteiger partial charge in [-0.05, 0) is 35.9 Å². The molecule has 0 saturated heterocycles. The smallest absolute Gasteiger partial charge is 0.276 e. The summed E-state index contributed by atoms with van der Waals surface area (Å²) in [6, 6.07) is 21.1. The third kappa shape index (κ3) is 7.13. The molecule has 0 heterocycles. The van der Waals surface area contributed by atoms with E-state index in [0.29, 0.717) is 5.75 Å². The number of hydrazine groups is 1. The number of amides is 2. The Morgan fingerprint density at radius 3 is 2.18 bits per heavy atom. The Morgan fingerprint density at radius 1 is 0.818 bits per heavy atom. The second kappa shape index (κ2) is 11.2. The molecule has 10 heteroatoms. The minimum atomic E-state index is -3.87. The van der Waals surface area contributed by atoms with Gasteiger partial charge in [-0.25, -0.2) is 17.5 Å². The maximum Gasteiger partial charge on any atom is 0.276 e. The molecule has 8 nitrogen and oxygen atoms in total. The minimum Gasteiger partial charge on any atom is -0.483 e. The number of hydrogen-bond donors (Lipinski definition) is 3. The zero-order valence-corrected chi connectivity index (χ0v) is 18.3. The molecule has 0 spiro atoms. The first-order chi connectivity index (χ1) is 15.8. The van der Waals surface area contributed by atoms with Crippen LogP contribution < -0.4 is 20.3 Å². The zero-order valence-electron chi connectivity index (χ0n) is 17.5. The van der Waals surface area contributed by atoms with Gasteiger partial charge in [0.15, 0.2) is 6.61 Å². The SMILES string of the molecule is O=C(CCNS(=O)(=O)c1ccc(F)cc1)NNC(=O)COc1ccccc1-c1ccccc1. The molecule has 0 radical (unpaired) electrons. The van der Waals surface area contributed by atoms with Crippen LogP contribution in [-0.2, 0) is 19.6 Å². The number of halogens is 1. The van der Waals surface area contributed by atoms with E-state index in [1.54, 1.807) is 12.1 Å². The highest BCUT2D eigenvalue weighted by Gasteiger charge is 2.14. The Kier molecular flexibility index (Phi) is 8.11. The van der Waals surface area contributed by atoms with Crippen molar-refractivity contribution in [2.45, 2.75) is 11.3 Å². The monoisotopic (exact) mass is 471 g/mol. The summed E-state index contributed by atoms with van der Waals surface area (Å²) in [5.74, 6) is -1.23. The van der Waals surface area contributed by atoms with Crippen LogP contribution in [0.25, 0.3) is 11.1 Å². The maximum atomic E-state index is 12.9. The van der Waals surface area contributed by atoms with Crippen LogP contribution in [0.1, 0.15) is 6.42 Å². The van der Waals surface area contributed by atoms with E-state index in [2.05, 4.69) is 15.6 Å². The first-order valence-corrected chi connectivity index (χ1v) is 11.4. The fourth-order valence-corrected chi connectivity index (χ4v) is 3.86. The lowest BCUT2D eigenvalue weighted by Gasteiger charge is -2.12. The molecule has 3 aromatic rings. The van der Waals surface area contributed by atoms with Crippen molar-refractivity contribution in [1.29, 1.82) is 0 Å². The summed E-state index contributed by atoms with van der Waals surface area (Å²) < 4.78 is 44.9. The highest BCUT2D eigenvalue weighted by Crippen LogP contribution is 2.29. The number of sulfonamides is 1. The van der Waals surface area contributed by atoms with Gasteiger partial charge < -0.3 is 4.74 Å². The van der Waals surface area contributed by atoms with Crippen LogP contribution in [0.5, 0.6) is 5.75 Å². The number of nitrogens with one attached hydrogen (secondary N) is 3. The molecule has 0 aliphatic carbocycles. The summed E-state index contributed by atoms with van der Waals surface area (Å²) in [6.07, 6.45) is -0.224. The van der Waals surface area contributed by atoms with Crippen LogP contribution >= 0.6 is 0 Å². The van der Waals surface area contributed by atoms with Gasteiger partial charge >= 0.3 is 0 Å². The largest absolute Gasteiger partial charge is 0.483 e. The van der Waals surface area contributed by atoms with Gasteiger partial charge in [0.1, 0.15) is 11.6 Å². The Morgan fingerprint density at radius 2 is 1.45 bits per heavy atom. The maximum absolute atomic E-state index is 12.9. The third-order valence-electron chi connectivity index (χ3n) is 4.44. The highest BCUT2D eigenvalue weighted by atomic mass is 32.2. The first kappa shape index (κ1) is 23.9. The molecule has 172 valence electrons. The van der Waals surface area contributed by atoms with Crippen LogP contribution in [0, 0.1) is 5.82 Å². The number of hydrogen-bond acceptors (Lipinski definition) is 5. The second-order valence-electron chi connectivity index (χ2n) is 6.85. The summed E-state index contributed by atoms with van der Waals surface area (Å²) in [5, 5.41) is 0. The topological polar surface area (TPSA) is 114 Å². The van der Waals surface area contributed by atoms with Gasteiger partial charge in [-0.3, -0.25) is 20.4 Å². The number of carbonyl (C=O) groups excluding carboxylic acids is 2. The van der Waals surface area contributed by atoms with Crippen LogP contribution in [0.4, 0.5) is 4.39 Å². The van der Waals surface area contributed by atoms with Crippen LogP contribution in [0.2, 0.25) is 0 Å². The van der Waals surface area contributed by atoms with E-state index < -0.39 is 27.7 Å². The van der Waals surface area contributed by atoms with E-state index >= 15 is 0 Å². The van der Waals surface area contributed by atoms with E-state index in [4.69, 9.17) is 4.74 Å². The van der Waals surface area contributed by atoms with Gasteiger partial charge in [0.25, 0.3) is 5.91 Å². The summed E-state index contributed by atoms with van der Waals surface area (Å²) in [7, 11) is -3.87. The summed E-state index contributed by atoms with van der Waals surface area (Å²) in [5.41, 5.74) is 6.17. The molecule has 0 aromatic heterocycles. The van der Waals surface area contributed by atoms with Crippen molar-refractivity contribution in [1.82, 2.24) is 15.6 Å². The predicted octanol–water partition coefficient (Wildman–Crippen LogP) is 2.39. The fourth-order valence-electron chi connectivity index (χ4n) is 2.83.